The number of nitrogens with zero attached hydrogens (tertiary/aromatic N) is 4. The van der Waals surface area contributed by atoms with Crippen LogP contribution in [0.5, 0.6) is 0 Å². The lowest BCUT2D eigenvalue weighted by atomic mass is 10.1. The average molecular weight is 309 g/mol. The molecule has 0 saturated carbocycles. The molecule has 0 aliphatic carbocycles. The van der Waals surface area contributed by atoms with E-state index in [0.29, 0.717) is 0 Å². The molecule has 0 aliphatic rings. The Balaban J connectivity index is 1.73. The summed E-state index contributed by atoms with van der Waals surface area (Å²) in [7, 11) is 4.14. The van der Waals surface area contributed by atoms with Crippen LogP contribution in [-0.4, -0.2) is 31.7 Å². The third-order valence-electron chi connectivity index (χ3n) is 4.24. The Morgan fingerprint density at radius 3 is 2.70 bits per heavy atom. The summed E-state index contributed by atoms with van der Waals surface area (Å²) in [6.07, 6.45) is 3.63. The first-order valence-corrected chi connectivity index (χ1v) is 7.81. The molecule has 0 unspecified atom stereocenters. The molecule has 120 valence electrons. The van der Waals surface area contributed by atoms with Gasteiger partial charge in [0.15, 0.2) is 0 Å². The van der Waals surface area contributed by atoms with Crippen LogP contribution in [0.25, 0.3) is 11.4 Å². The van der Waals surface area contributed by atoms with Crippen LogP contribution < -0.4 is 0 Å². The fourth-order valence-corrected chi connectivity index (χ4v) is 2.92. The third-order valence-corrected chi connectivity index (χ3v) is 4.24. The topological polar surface area (TPSA) is 49.7 Å². The Kier molecular flexibility index (Phi) is 4.30. The summed E-state index contributed by atoms with van der Waals surface area (Å²) in [5.41, 5.74) is 6.06. The lowest BCUT2D eigenvalue weighted by molar-refractivity contribution is 0.317. The van der Waals surface area contributed by atoms with E-state index in [1.54, 1.807) is 6.20 Å². The van der Waals surface area contributed by atoms with Crippen molar-refractivity contribution in [2.45, 2.75) is 26.9 Å². The van der Waals surface area contributed by atoms with Gasteiger partial charge in [-0.2, -0.15) is 5.10 Å². The van der Waals surface area contributed by atoms with Gasteiger partial charge in [0, 0.05) is 49.4 Å². The highest BCUT2D eigenvalue weighted by Crippen LogP contribution is 2.19. The van der Waals surface area contributed by atoms with Gasteiger partial charge in [-0.05, 0) is 32.5 Å². The summed E-state index contributed by atoms with van der Waals surface area (Å²) in [5.74, 6) is 0.911. The van der Waals surface area contributed by atoms with E-state index < -0.39 is 0 Å². The summed E-state index contributed by atoms with van der Waals surface area (Å²) >= 11 is 0. The first-order chi connectivity index (χ1) is 11.0. The van der Waals surface area contributed by atoms with Gasteiger partial charge in [-0.15, -0.1) is 0 Å². The van der Waals surface area contributed by atoms with Crippen LogP contribution in [0, 0.1) is 13.8 Å². The van der Waals surface area contributed by atoms with E-state index in [-0.39, 0.29) is 0 Å². The van der Waals surface area contributed by atoms with Crippen molar-refractivity contribution < 1.29 is 0 Å². The number of nitrogens with one attached hydrogen (secondary N) is 1. The van der Waals surface area contributed by atoms with Crippen molar-refractivity contribution in [3.63, 3.8) is 0 Å². The molecule has 3 rings (SSSR count). The Morgan fingerprint density at radius 1 is 1.22 bits per heavy atom. The molecule has 2 heterocycles. The summed E-state index contributed by atoms with van der Waals surface area (Å²) < 4.78 is 1.95. The number of aryl methyl sites for hydroxylation is 2. The maximum absolute atomic E-state index is 4.50. The monoisotopic (exact) mass is 309 g/mol. The number of aromatic amines is 1. The highest BCUT2D eigenvalue weighted by molar-refractivity contribution is 5.55. The summed E-state index contributed by atoms with van der Waals surface area (Å²) in [4.78, 5) is 9.79. The van der Waals surface area contributed by atoms with E-state index in [2.05, 4.69) is 65.1 Å². The van der Waals surface area contributed by atoms with Crippen LogP contribution in [0.1, 0.15) is 22.5 Å². The minimum Gasteiger partial charge on any atom is -0.345 e. The number of hydrogen-bond donors (Lipinski definition) is 1. The predicted octanol–water partition coefficient (Wildman–Crippen LogP) is 3.06. The van der Waals surface area contributed by atoms with Gasteiger partial charge in [-0.1, -0.05) is 18.2 Å². The number of imidazole rings is 1. The van der Waals surface area contributed by atoms with Crippen molar-refractivity contribution in [2.75, 3.05) is 7.05 Å². The number of rotatable bonds is 5. The van der Waals surface area contributed by atoms with E-state index in [1.165, 1.54) is 16.8 Å². The quantitative estimate of drug-likeness (QED) is 0.788. The molecule has 0 aliphatic heterocycles. The maximum atomic E-state index is 4.50. The van der Waals surface area contributed by atoms with Crippen LogP contribution in [-0.2, 0) is 20.1 Å². The van der Waals surface area contributed by atoms with Gasteiger partial charge >= 0.3 is 0 Å². The zero-order chi connectivity index (χ0) is 16.4. The molecule has 23 heavy (non-hydrogen) atoms. The van der Waals surface area contributed by atoms with Gasteiger partial charge in [-0.25, -0.2) is 4.98 Å². The molecule has 1 aromatic carbocycles. The minimum absolute atomic E-state index is 0.891. The standard InChI is InChI=1S/C18H23N5/c1-13-17(14(2)23(4)21-13)12-22(3)11-15-6-5-7-16(10-15)18-19-8-9-20-18/h5-10H,11-12H2,1-4H3,(H,19,20). The van der Waals surface area contributed by atoms with Gasteiger partial charge in [0.25, 0.3) is 0 Å². The Bertz CT molecular complexity index is 786. The van der Waals surface area contributed by atoms with Gasteiger partial charge in [0.2, 0.25) is 0 Å². The van der Waals surface area contributed by atoms with Crippen LogP contribution in [0.2, 0.25) is 0 Å². The van der Waals surface area contributed by atoms with Crippen molar-refractivity contribution in [3.05, 3.63) is 59.2 Å². The van der Waals surface area contributed by atoms with E-state index in [9.17, 15) is 0 Å². The normalized spacial score (nSPS) is 11.3. The third kappa shape index (κ3) is 3.35. The second-order valence-corrected chi connectivity index (χ2v) is 6.08. The zero-order valence-corrected chi connectivity index (χ0v) is 14.2. The van der Waals surface area contributed by atoms with E-state index in [0.717, 1.165) is 30.2 Å². The number of benzene rings is 1. The molecule has 0 amide bonds. The second kappa shape index (κ2) is 6.38. The molecule has 1 N–H and O–H groups in total. The largest absolute Gasteiger partial charge is 0.345 e. The lowest BCUT2D eigenvalue weighted by Gasteiger charge is -2.17. The molecule has 0 radical (unpaired) electrons. The van der Waals surface area contributed by atoms with Gasteiger partial charge in [0.05, 0.1) is 5.69 Å². The molecule has 0 atom stereocenters. The molecular formula is C18H23N5. The average Bonchev–Trinajstić information content (AvgIpc) is 3.13. The molecule has 5 heteroatoms. The minimum atomic E-state index is 0.891. The predicted molar refractivity (Wildman–Crippen MR) is 91.9 cm³/mol. The van der Waals surface area contributed by atoms with Crippen LogP contribution >= 0.6 is 0 Å². The first-order valence-electron chi connectivity index (χ1n) is 7.81. The van der Waals surface area contributed by atoms with Crippen LogP contribution in [0.3, 0.4) is 0 Å². The lowest BCUT2D eigenvalue weighted by Crippen LogP contribution is -2.18. The molecule has 0 spiro atoms. The van der Waals surface area contributed by atoms with Crippen molar-refractivity contribution in [2.24, 2.45) is 7.05 Å². The number of aromatic nitrogens is 4. The molecule has 0 saturated heterocycles. The Hall–Kier alpha value is -2.40. The first kappa shape index (κ1) is 15.5. The van der Waals surface area contributed by atoms with Crippen molar-refractivity contribution in [1.29, 1.82) is 0 Å². The second-order valence-electron chi connectivity index (χ2n) is 6.08. The number of H-pyrrole nitrogens is 1. The van der Waals surface area contributed by atoms with Crippen molar-refractivity contribution in [1.82, 2.24) is 24.6 Å². The Labute approximate surface area is 137 Å². The van der Waals surface area contributed by atoms with Crippen molar-refractivity contribution in [3.8, 4) is 11.4 Å². The number of hydrogen-bond acceptors (Lipinski definition) is 3. The van der Waals surface area contributed by atoms with Gasteiger partial charge in [-0.3, -0.25) is 9.58 Å². The summed E-state index contributed by atoms with van der Waals surface area (Å²) in [5, 5.41) is 4.50. The molecule has 2 aromatic heterocycles. The zero-order valence-electron chi connectivity index (χ0n) is 14.2. The van der Waals surface area contributed by atoms with E-state index in [4.69, 9.17) is 0 Å². The highest BCUT2D eigenvalue weighted by atomic mass is 15.3. The van der Waals surface area contributed by atoms with Gasteiger partial charge < -0.3 is 4.98 Å². The van der Waals surface area contributed by atoms with Crippen LogP contribution in [0.4, 0.5) is 0 Å². The molecule has 3 aromatic rings. The fraction of sp³-hybridized carbons (Fsp3) is 0.333. The van der Waals surface area contributed by atoms with E-state index >= 15 is 0 Å². The van der Waals surface area contributed by atoms with Crippen LogP contribution in [0.15, 0.2) is 36.7 Å². The SMILES string of the molecule is Cc1nn(C)c(C)c1CN(C)Cc1cccc(-c2ncc[nH]2)c1. The highest BCUT2D eigenvalue weighted by Gasteiger charge is 2.12. The summed E-state index contributed by atoms with van der Waals surface area (Å²) in [6, 6.07) is 8.52. The molecule has 5 nitrogen and oxygen atoms in total. The summed E-state index contributed by atoms with van der Waals surface area (Å²) in [6.45, 7) is 5.99. The smallest absolute Gasteiger partial charge is 0.137 e. The Morgan fingerprint density at radius 2 is 2.04 bits per heavy atom. The van der Waals surface area contributed by atoms with Gasteiger partial charge in [0.1, 0.15) is 5.82 Å². The fourth-order valence-electron chi connectivity index (χ4n) is 2.92. The molecule has 0 fully saturated rings. The van der Waals surface area contributed by atoms with E-state index in [1.807, 2.05) is 17.9 Å². The maximum Gasteiger partial charge on any atom is 0.137 e. The molecular weight excluding hydrogens is 286 g/mol. The molecule has 0 bridgehead atoms. The van der Waals surface area contributed by atoms with Crippen molar-refractivity contribution >= 4 is 0 Å².